The second kappa shape index (κ2) is 9.52. The van der Waals surface area contributed by atoms with Crippen LogP contribution in [0.15, 0.2) is 71.6 Å². The Morgan fingerprint density at radius 2 is 1.53 bits per heavy atom. The summed E-state index contributed by atoms with van der Waals surface area (Å²) in [6.07, 6.45) is 0. The van der Waals surface area contributed by atoms with Gasteiger partial charge in [-0.2, -0.15) is 8.42 Å². The summed E-state index contributed by atoms with van der Waals surface area (Å²) >= 11 is 0. The van der Waals surface area contributed by atoms with Gasteiger partial charge in [0.05, 0.1) is 7.11 Å². The fourth-order valence-corrected chi connectivity index (χ4v) is 4.15. The number of aryl methyl sites for hydroxylation is 2. The monoisotopic (exact) mass is 454 g/mol. The molecule has 0 heterocycles. The average Bonchev–Trinajstić information content (AvgIpc) is 2.74. The highest BCUT2D eigenvalue weighted by Crippen LogP contribution is 2.28. The second-order valence-electron chi connectivity index (χ2n) is 6.95. The Labute approximate surface area is 186 Å². The number of esters is 1. The van der Waals surface area contributed by atoms with Gasteiger partial charge in [-0.05, 0) is 61.4 Å². The number of carbonyl (C=O) groups is 2. The minimum Gasteiger partial charge on any atom is -0.465 e. The number of urea groups is 1. The lowest BCUT2D eigenvalue weighted by atomic mass is 10.2. The maximum Gasteiger partial charge on any atom is 0.341 e. The fourth-order valence-electron chi connectivity index (χ4n) is 2.97. The maximum atomic E-state index is 12.7. The van der Waals surface area contributed by atoms with Gasteiger partial charge in [-0.15, -0.1) is 0 Å². The Hall–Kier alpha value is -3.85. The summed E-state index contributed by atoms with van der Waals surface area (Å²) in [5, 5.41) is 5.28. The van der Waals surface area contributed by atoms with Gasteiger partial charge in [0.15, 0.2) is 5.75 Å². The zero-order chi connectivity index (χ0) is 23.3. The molecule has 3 rings (SSSR count). The number of methoxy groups -OCH3 is 1. The normalized spacial score (nSPS) is 10.8. The van der Waals surface area contributed by atoms with Gasteiger partial charge in [-0.3, -0.25) is 0 Å². The van der Waals surface area contributed by atoms with E-state index in [0.29, 0.717) is 11.3 Å². The molecule has 0 aromatic heterocycles. The lowest BCUT2D eigenvalue weighted by molar-refractivity contribution is 0.0599. The smallest absolute Gasteiger partial charge is 0.341 e. The Morgan fingerprint density at radius 1 is 0.844 bits per heavy atom. The summed E-state index contributed by atoms with van der Waals surface area (Å²) in [4.78, 5) is 24.6. The summed E-state index contributed by atoms with van der Waals surface area (Å²) in [6, 6.07) is 17.0. The van der Waals surface area contributed by atoms with Crippen molar-refractivity contribution in [2.24, 2.45) is 0 Å². The molecule has 32 heavy (non-hydrogen) atoms. The summed E-state index contributed by atoms with van der Waals surface area (Å²) in [7, 11) is -3.04. The number of nitrogens with one attached hydrogen (secondary N) is 2. The van der Waals surface area contributed by atoms with Crippen LogP contribution in [-0.2, 0) is 14.9 Å². The lowest BCUT2D eigenvalue weighted by Crippen LogP contribution is -2.20. The molecule has 3 aromatic rings. The summed E-state index contributed by atoms with van der Waals surface area (Å²) in [5.41, 5.74) is 2.17. The summed E-state index contributed by atoms with van der Waals surface area (Å²) < 4.78 is 35.4. The Balaban J connectivity index is 1.85. The van der Waals surface area contributed by atoms with Gasteiger partial charge in [-0.25, -0.2) is 9.59 Å². The van der Waals surface area contributed by atoms with E-state index < -0.39 is 22.1 Å². The standard InChI is InChI=1S/C23H22N2O6S/c1-15-7-6-9-17(13-15)24-23(27)25-18-11-12-20(19(14-18)22(26)30-3)31-32(28,29)21-10-5-4-8-16(21)2/h4-14H,1-3H3,(H2,24,25,27). The Kier molecular flexibility index (Phi) is 6.79. The molecule has 2 N–H and O–H groups in total. The first kappa shape index (κ1) is 22.8. The molecule has 0 unspecified atom stereocenters. The van der Waals surface area contributed by atoms with Crippen molar-refractivity contribution < 1.29 is 26.9 Å². The third-order valence-electron chi connectivity index (χ3n) is 4.48. The molecule has 0 spiro atoms. The fraction of sp³-hybridized carbons (Fsp3) is 0.130. The predicted octanol–water partition coefficient (Wildman–Crippen LogP) is 4.50. The molecule has 0 saturated carbocycles. The predicted molar refractivity (Wildman–Crippen MR) is 121 cm³/mol. The van der Waals surface area contributed by atoms with Crippen LogP contribution >= 0.6 is 0 Å². The lowest BCUT2D eigenvalue weighted by Gasteiger charge is -2.14. The number of carbonyl (C=O) groups excluding carboxylic acids is 2. The van der Waals surface area contributed by atoms with Crippen LogP contribution in [0.25, 0.3) is 0 Å². The van der Waals surface area contributed by atoms with Crippen LogP contribution in [-0.4, -0.2) is 27.5 Å². The number of hydrogen-bond acceptors (Lipinski definition) is 6. The van der Waals surface area contributed by atoms with E-state index in [1.807, 2.05) is 13.0 Å². The van der Waals surface area contributed by atoms with Crippen LogP contribution in [0.1, 0.15) is 21.5 Å². The van der Waals surface area contributed by atoms with Crippen LogP contribution in [0.3, 0.4) is 0 Å². The Morgan fingerprint density at radius 3 is 2.19 bits per heavy atom. The zero-order valence-corrected chi connectivity index (χ0v) is 18.5. The van der Waals surface area contributed by atoms with E-state index in [0.717, 1.165) is 12.7 Å². The number of rotatable bonds is 6. The van der Waals surface area contributed by atoms with Crippen molar-refractivity contribution in [3.8, 4) is 5.75 Å². The molecule has 2 amide bonds. The highest BCUT2D eigenvalue weighted by atomic mass is 32.2. The van der Waals surface area contributed by atoms with Crippen molar-refractivity contribution >= 4 is 33.5 Å². The molecule has 0 aliphatic rings. The minimum atomic E-state index is -4.20. The molecule has 166 valence electrons. The van der Waals surface area contributed by atoms with Crippen LogP contribution in [0, 0.1) is 13.8 Å². The third-order valence-corrected chi connectivity index (χ3v) is 5.88. The Bertz CT molecular complexity index is 1270. The average molecular weight is 455 g/mol. The van der Waals surface area contributed by atoms with Crippen molar-refractivity contribution in [2.75, 3.05) is 17.7 Å². The van der Waals surface area contributed by atoms with E-state index in [1.54, 1.807) is 43.3 Å². The highest BCUT2D eigenvalue weighted by Gasteiger charge is 2.23. The minimum absolute atomic E-state index is 0.0180. The van der Waals surface area contributed by atoms with E-state index >= 15 is 0 Å². The molecule has 0 saturated heterocycles. The molecule has 0 fully saturated rings. The van der Waals surface area contributed by atoms with Crippen molar-refractivity contribution in [3.63, 3.8) is 0 Å². The van der Waals surface area contributed by atoms with Crippen LogP contribution in [0.2, 0.25) is 0 Å². The molecule has 0 bridgehead atoms. The maximum absolute atomic E-state index is 12.7. The van der Waals surface area contributed by atoms with Crippen LogP contribution in [0.5, 0.6) is 5.75 Å². The number of amides is 2. The topological polar surface area (TPSA) is 111 Å². The molecule has 9 heteroatoms. The quantitative estimate of drug-likeness (QED) is 0.419. The van der Waals surface area contributed by atoms with E-state index in [1.165, 1.54) is 24.3 Å². The molecular weight excluding hydrogens is 432 g/mol. The molecular formula is C23H22N2O6S. The van der Waals surface area contributed by atoms with E-state index in [-0.39, 0.29) is 21.9 Å². The van der Waals surface area contributed by atoms with Gasteiger partial charge < -0.3 is 19.6 Å². The number of anilines is 2. The van der Waals surface area contributed by atoms with E-state index in [4.69, 9.17) is 8.92 Å². The number of benzene rings is 3. The third kappa shape index (κ3) is 5.44. The van der Waals surface area contributed by atoms with Gasteiger partial charge >= 0.3 is 22.1 Å². The first-order valence-corrected chi connectivity index (χ1v) is 11.0. The first-order chi connectivity index (χ1) is 15.2. The number of ether oxygens (including phenoxy) is 1. The molecule has 0 atom stereocenters. The van der Waals surface area contributed by atoms with Gasteiger partial charge in [0.2, 0.25) is 0 Å². The van der Waals surface area contributed by atoms with Gasteiger partial charge in [0.25, 0.3) is 0 Å². The van der Waals surface area contributed by atoms with Crippen molar-refractivity contribution in [2.45, 2.75) is 18.7 Å². The molecule has 3 aromatic carbocycles. The molecule has 0 radical (unpaired) electrons. The zero-order valence-electron chi connectivity index (χ0n) is 17.7. The first-order valence-electron chi connectivity index (χ1n) is 9.57. The molecule has 8 nitrogen and oxygen atoms in total. The van der Waals surface area contributed by atoms with E-state index in [2.05, 4.69) is 10.6 Å². The SMILES string of the molecule is COC(=O)c1cc(NC(=O)Nc2cccc(C)c2)ccc1OS(=O)(=O)c1ccccc1C. The summed E-state index contributed by atoms with van der Waals surface area (Å²) in [5.74, 6) is -1.03. The molecule has 0 aliphatic heterocycles. The van der Waals surface area contributed by atoms with Crippen LogP contribution in [0.4, 0.5) is 16.2 Å². The number of hydrogen-bond donors (Lipinski definition) is 2. The van der Waals surface area contributed by atoms with Crippen LogP contribution < -0.4 is 14.8 Å². The van der Waals surface area contributed by atoms with Gasteiger partial charge in [0.1, 0.15) is 10.5 Å². The summed E-state index contributed by atoms with van der Waals surface area (Å²) in [6.45, 7) is 3.53. The van der Waals surface area contributed by atoms with Gasteiger partial charge in [-0.1, -0.05) is 30.3 Å². The van der Waals surface area contributed by atoms with E-state index in [9.17, 15) is 18.0 Å². The van der Waals surface area contributed by atoms with Crippen molar-refractivity contribution in [1.82, 2.24) is 0 Å². The largest absolute Gasteiger partial charge is 0.465 e. The van der Waals surface area contributed by atoms with Gasteiger partial charge in [0, 0.05) is 11.4 Å². The van der Waals surface area contributed by atoms with Crippen molar-refractivity contribution in [3.05, 3.63) is 83.4 Å². The second-order valence-corrected chi connectivity index (χ2v) is 8.47. The molecule has 0 aliphatic carbocycles. The highest BCUT2D eigenvalue weighted by molar-refractivity contribution is 7.87. The van der Waals surface area contributed by atoms with Crippen molar-refractivity contribution in [1.29, 1.82) is 0 Å².